The average molecular weight is 308 g/mol. The van der Waals surface area contributed by atoms with Gasteiger partial charge in [0, 0.05) is 27.1 Å². The van der Waals surface area contributed by atoms with Crippen LogP contribution >= 0.6 is 15.9 Å². The van der Waals surface area contributed by atoms with Crippen LogP contribution in [0.1, 0.15) is 30.1 Å². The van der Waals surface area contributed by atoms with Crippen LogP contribution in [0.25, 0.3) is 10.9 Å². The van der Waals surface area contributed by atoms with Gasteiger partial charge in [-0.3, -0.25) is 0 Å². The first kappa shape index (κ1) is 12.2. The predicted octanol–water partition coefficient (Wildman–Crippen LogP) is 2.86. The van der Waals surface area contributed by atoms with Gasteiger partial charge in [0.05, 0.1) is 0 Å². The van der Waals surface area contributed by atoms with Crippen molar-refractivity contribution in [3.05, 3.63) is 33.9 Å². The molecule has 1 aromatic carbocycles. The summed E-state index contributed by atoms with van der Waals surface area (Å²) in [7, 11) is 0. The van der Waals surface area contributed by atoms with Crippen LogP contribution in [0.15, 0.2) is 22.7 Å². The van der Waals surface area contributed by atoms with Crippen LogP contribution in [0.2, 0.25) is 0 Å². The van der Waals surface area contributed by atoms with Crippen LogP contribution in [0.4, 0.5) is 0 Å². The summed E-state index contributed by atoms with van der Waals surface area (Å²) in [6.07, 6.45) is 3.39. The lowest BCUT2D eigenvalue weighted by Crippen LogP contribution is -2.22. The minimum atomic E-state index is 0.470. The number of aromatic nitrogens is 1. The van der Waals surface area contributed by atoms with Gasteiger partial charge < -0.3 is 16.0 Å². The van der Waals surface area contributed by atoms with Crippen molar-refractivity contribution < 1.29 is 0 Å². The van der Waals surface area contributed by atoms with Gasteiger partial charge in [0.15, 0.2) is 0 Å². The summed E-state index contributed by atoms with van der Waals surface area (Å²) in [5.41, 5.74) is 9.63. The Balaban J connectivity index is 1.89. The first-order valence-electron chi connectivity index (χ1n) is 6.53. The summed E-state index contributed by atoms with van der Waals surface area (Å²) in [5, 5.41) is 4.95. The molecule has 1 aliphatic rings. The SMILES string of the molecule is NCCCNC1CCc2c1[nH]c1ccc(Br)cc21. The van der Waals surface area contributed by atoms with E-state index in [4.69, 9.17) is 5.73 Å². The number of fused-ring (bicyclic) bond motifs is 3. The average Bonchev–Trinajstić information content (AvgIpc) is 2.90. The molecule has 3 nitrogen and oxygen atoms in total. The minimum absolute atomic E-state index is 0.470. The van der Waals surface area contributed by atoms with E-state index in [-0.39, 0.29) is 0 Å². The molecule has 4 heteroatoms. The zero-order valence-corrected chi connectivity index (χ0v) is 11.9. The van der Waals surface area contributed by atoms with Crippen molar-refractivity contribution in [3.8, 4) is 0 Å². The van der Waals surface area contributed by atoms with E-state index in [1.165, 1.54) is 28.6 Å². The molecule has 0 amide bonds. The molecular formula is C14H18BrN3. The Morgan fingerprint density at radius 1 is 1.44 bits per heavy atom. The third kappa shape index (κ3) is 2.09. The number of H-pyrrole nitrogens is 1. The van der Waals surface area contributed by atoms with Crippen LogP contribution in [0.5, 0.6) is 0 Å². The summed E-state index contributed by atoms with van der Waals surface area (Å²) >= 11 is 3.55. The van der Waals surface area contributed by atoms with Gasteiger partial charge in [-0.1, -0.05) is 15.9 Å². The highest BCUT2D eigenvalue weighted by molar-refractivity contribution is 9.10. The third-order valence-corrected chi connectivity index (χ3v) is 4.20. The zero-order chi connectivity index (χ0) is 12.5. The maximum absolute atomic E-state index is 5.53. The van der Waals surface area contributed by atoms with Crippen LogP contribution in [-0.2, 0) is 6.42 Å². The predicted molar refractivity (Wildman–Crippen MR) is 78.7 cm³/mol. The quantitative estimate of drug-likeness (QED) is 0.761. The van der Waals surface area contributed by atoms with Gasteiger partial charge in [-0.2, -0.15) is 0 Å². The second kappa shape index (κ2) is 5.03. The Bertz CT molecular complexity index is 561. The van der Waals surface area contributed by atoms with Crippen molar-refractivity contribution in [1.82, 2.24) is 10.3 Å². The second-order valence-corrected chi connectivity index (χ2v) is 5.81. The van der Waals surface area contributed by atoms with Crippen molar-refractivity contribution in [2.24, 2.45) is 5.73 Å². The third-order valence-electron chi connectivity index (χ3n) is 3.70. The number of nitrogens with two attached hydrogens (primary N) is 1. The number of hydrogen-bond donors (Lipinski definition) is 3. The molecule has 18 heavy (non-hydrogen) atoms. The van der Waals surface area contributed by atoms with Crippen molar-refractivity contribution >= 4 is 26.8 Å². The maximum Gasteiger partial charge on any atom is 0.0479 e. The second-order valence-electron chi connectivity index (χ2n) is 4.89. The van der Waals surface area contributed by atoms with Gasteiger partial charge in [-0.15, -0.1) is 0 Å². The fraction of sp³-hybridized carbons (Fsp3) is 0.429. The molecule has 0 radical (unpaired) electrons. The van der Waals surface area contributed by atoms with E-state index in [0.717, 1.165) is 30.4 Å². The fourth-order valence-electron chi connectivity index (χ4n) is 2.82. The first-order chi connectivity index (χ1) is 8.79. The van der Waals surface area contributed by atoms with E-state index >= 15 is 0 Å². The maximum atomic E-state index is 5.53. The number of benzene rings is 1. The lowest BCUT2D eigenvalue weighted by molar-refractivity contribution is 0.515. The van der Waals surface area contributed by atoms with Gasteiger partial charge in [0.1, 0.15) is 0 Å². The molecule has 1 aliphatic carbocycles. The Hall–Kier alpha value is -0.840. The van der Waals surface area contributed by atoms with Gasteiger partial charge in [0.2, 0.25) is 0 Å². The fourth-order valence-corrected chi connectivity index (χ4v) is 3.18. The lowest BCUT2D eigenvalue weighted by Gasteiger charge is -2.11. The van der Waals surface area contributed by atoms with E-state index in [0.29, 0.717) is 6.04 Å². The summed E-state index contributed by atoms with van der Waals surface area (Å²) < 4.78 is 1.15. The lowest BCUT2D eigenvalue weighted by atomic mass is 10.1. The molecule has 1 unspecified atom stereocenters. The highest BCUT2D eigenvalue weighted by Crippen LogP contribution is 2.37. The van der Waals surface area contributed by atoms with E-state index in [1.807, 2.05) is 0 Å². The summed E-state index contributed by atoms with van der Waals surface area (Å²) in [6.45, 7) is 1.76. The summed E-state index contributed by atoms with van der Waals surface area (Å²) in [5.74, 6) is 0. The summed E-state index contributed by atoms with van der Waals surface area (Å²) in [4.78, 5) is 3.57. The molecule has 1 heterocycles. The molecule has 2 aromatic rings. The summed E-state index contributed by atoms with van der Waals surface area (Å²) in [6, 6.07) is 6.92. The van der Waals surface area contributed by atoms with Gasteiger partial charge >= 0.3 is 0 Å². The molecule has 1 atom stereocenters. The highest BCUT2D eigenvalue weighted by Gasteiger charge is 2.25. The number of rotatable bonds is 4. The van der Waals surface area contributed by atoms with Crippen molar-refractivity contribution in [1.29, 1.82) is 0 Å². The Kier molecular flexibility index (Phi) is 3.41. The van der Waals surface area contributed by atoms with Crippen LogP contribution < -0.4 is 11.1 Å². The van der Waals surface area contributed by atoms with Gasteiger partial charge in [-0.05, 0) is 56.1 Å². The molecule has 0 saturated heterocycles. The number of hydrogen-bond acceptors (Lipinski definition) is 2. The molecule has 96 valence electrons. The van der Waals surface area contributed by atoms with Crippen molar-refractivity contribution in [3.63, 3.8) is 0 Å². The van der Waals surface area contributed by atoms with E-state index in [9.17, 15) is 0 Å². The van der Waals surface area contributed by atoms with Crippen LogP contribution in [0, 0.1) is 0 Å². The van der Waals surface area contributed by atoms with Crippen molar-refractivity contribution in [2.45, 2.75) is 25.3 Å². The van der Waals surface area contributed by atoms with Crippen LogP contribution in [-0.4, -0.2) is 18.1 Å². The Morgan fingerprint density at radius 2 is 2.33 bits per heavy atom. The molecule has 0 saturated carbocycles. The number of aromatic amines is 1. The minimum Gasteiger partial charge on any atom is -0.357 e. The van der Waals surface area contributed by atoms with Crippen LogP contribution in [0.3, 0.4) is 0 Å². The van der Waals surface area contributed by atoms with Crippen molar-refractivity contribution in [2.75, 3.05) is 13.1 Å². The molecule has 0 spiro atoms. The standard InChI is InChI=1S/C14H18BrN3/c15-9-2-4-12-11(8-9)10-3-5-13(14(10)18-12)17-7-1-6-16/h2,4,8,13,17-18H,1,3,5-7,16H2. The first-order valence-corrected chi connectivity index (χ1v) is 7.32. The molecule has 0 bridgehead atoms. The molecule has 3 rings (SSSR count). The normalized spacial score (nSPS) is 18.4. The molecule has 0 aliphatic heterocycles. The highest BCUT2D eigenvalue weighted by atomic mass is 79.9. The number of aryl methyl sites for hydroxylation is 1. The zero-order valence-electron chi connectivity index (χ0n) is 10.3. The topological polar surface area (TPSA) is 53.8 Å². The van der Waals surface area contributed by atoms with E-state index in [1.54, 1.807) is 0 Å². The van der Waals surface area contributed by atoms with Gasteiger partial charge in [0.25, 0.3) is 0 Å². The molecule has 0 fully saturated rings. The number of nitrogens with one attached hydrogen (secondary N) is 2. The van der Waals surface area contributed by atoms with E-state index < -0.39 is 0 Å². The monoisotopic (exact) mass is 307 g/mol. The Morgan fingerprint density at radius 3 is 3.17 bits per heavy atom. The molecular weight excluding hydrogens is 290 g/mol. The smallest absolute Gasteiger partial charge is 0.0479 e. The number of halogens is 1. The largest absolute Gasteiger partial charge is 0.357 e. The molecule has 1 aromatic heterocycles. The Labute approximate surface area is 115 Å². The van der Waals surface area contributed by atoms with Gasteiger partial charge in [-0.25, -0.2) is 0 Å². The van der Waals surface area contributed by atoms with E-state index in [2.05, 4.69) is 44.4 Å². The molecule has 4 N–H and O–H groups in total.